The van der Waals surface area contributed by atoms with Crippen LogP contribution in [0.2, 0.25) is 0 Å². The van der Waals surface area contributed by atoms with Gasteiger partial charge in [-0.1, -0.05) is 24.0 Å². The molecule has 108 valence electrons. The third kappa shape index (κ3) is 4.64. The lowest BCUT2D eigenvalue weighted by atomic mass is 9.95. The third-order valence-electron chi connectivity index (χ3n) is 3.56. The molecule has 1 atom stereocenters. The van der Waals surface area contributed by atoms with E-state index < -0.39 is 5.60 Å². The zero-order valence-electron chi connectivity index (χ0n) is 12.1. The molecule has 1 aromatic rings. The maximum atomic E-state index is 10.1. The van der Waals surface area contributed by atoms with Crippen LogP contribution in [0.25, 0.3) is 0 Å². The predicted molar refractivity (Wildman–Crippen MR) is 80.2 cm³/mol. The summed E-state index contributed by atoms with van der Waals surface area (Å²) in [6.07, 6.45) is 2.44. The number of nitrogens with zero attached hydrogens (tertiary/aromatic N) is 1. The summed E-state index contributed by atoms with van der Waals surface area (Å²) in [5.41, 5.74) is 1.65. The first-order chi connectivity index (χ1) is 9.59. The van der Waals surface area contributed by atoms with Crippen molar-refractivity contribution in [2.45, 2.75) is 38.3 Å². The van der Waals surface area contributed by atoms with Crippen molar-refractivity contribution in [1.29, 1.82) is 0 Å². The number of hydrogen-bond acceptors (Lipinski definition) is 3. The molecule has 0 aliphatic carbocycles. The van der Waals surface area contributed by atoms with Crippen molar-refractivity contribution in [2.75, 3.05) is 19.7 Å². The lowest BCUT2D eigenvalue weighted by Crippen LogP contribution is -2.45. The van der Waals surface area contributed by atoms with Crippen LogP contribution in [-0.2, 0) is 6.54 Å². The van der Waals surface area contributed by atoms with Crippen molar-refractivity contribution in [3.63, 3.8) is 0 Å². The molecule has 1 aliphatic heterocycles. The van der Waals surface area contributed by atoms with Crippen LogP contribution >= 0.6 is 0 Å². The van der Waals surface area contributed by atoms with E-state index in [1.54, 1.807) is 0 Å². The molecule has 1 fully saturated rings. The number of likely N-dealkylation sites (tertiary alicyclic amines) is 1. The summed E-state index contributed by atoms with van der Waals surface area (Å²) < 4.78 is 0. The number of aliphatic hydroxyl groups is 2. The fraction of sp³-hybridized carbons (Fsp3) is 0.529. The Kier molecular flexibility index (Phi) is 5.19. The maximum absolute atomic E-state index is 10.1. The first-order valence-corrected chi connectivity index (χ1v) is 7.22. The standard InChI is InChI=1S/C17H23NO2/c1-17(20)9-5-10-18(14-17)13-16-8-4-7-15(12-16)6-2-3-11-19/h4,7-8,12,19-20H,3,5,9-11,13-14H2,1H3. The van der Waals surface area contributed by atoms with Crippen LogP contribution in [0, 0.1) is 11.8 Å². The van der Waals surface area contributed by atoms with Gasteiger partial charge in [0.2, 0.25) is 0 Å². The number of piperidine rings is 1. The summed E-state index contributed by atoms with van der Waals surface area (Å²) in [6, 6.07) is 8.19. The zero-order valence-corrected chi connectivity index (χ0v) is 12.1. The molecular formula is C17H23NO2. The maximum Gasteiger partial charge on any atom is 0.0746 e. The van der Waals surface area contributed by atoms with Crippen LogP contribution in [0.4, 0.5) is 0 Å². The van der Waals surface area contributed by atoms with Crippen LogP contribution in [0.5, 0.6) is 0 Å². The fourth-order valence-corrected chi connectivity index (χ4v) is 2.68. The van der Waals surface area contributed by atoms with E-state index in [4.69, 9.17) is 5.11 Å². The number of β-amino-alcohol motifs (C(OH)–C–C–N with tert-alkyl or cyclic N) is 1. The van der Waals surface area contributed by atoms with Crippen LogP contribution in [0.15, 0.2) is 24.3 Å². The van der Waals surface area contributed by atoms with Crippen molar-refractivity contribution in [3.05, 3.63) is 35.4 Å². The van der Waals surface area contributed by atoms with Crippen LogP contribution in [-0.4, -0.2) is 40.4 Å². The highest BCUT2D eigenvalue weighted by Crippen LogP contribution is 2.21. The Morgan fingerprint density at radius 2 is 2.25 bits per heavy atom. The molecule has 2 N–H and O–H groups in total. The molecular weight excluding hydrogens is 250 g/mol. The first-order valence-electron chi connectivity index (χ1n) is 7.22. The average Bonchev–Trinajstić information content (AvgIpc) is 2.38. The van der Waals surface area contributed by atoms with Gasteiger partial charge in [0.25, 0.3) is 0 Å². The molecule has 1 unspecified atom stereocenters. The van der Waals surface area contributed by atoms with E-state index >= 15 is 0 Å². The van der Waals surface area contributed by atoms with E-state index in [1.807, 2.05) is 19.1 Å². The van der Waals surface area contributed by atoms with Crippen molar-refractivity contribution in [1.82, 2.24) is 4.90 Å². The molecule has 0 aromatic heterocycles. The molecule has 0 amide bonds. The summed E-state index contributed by atoms with van der Waals surface area (Å²) in [7, 11) is 0. The van der Waals surface area contributed by atoms with E-state index in [0.717, 1.165) is 38.0 Å². The lowest BCUT2D eigenvalue weighted by molar-refractivity contribution is -0.0181. The molecule has 20 heavy (non-hydrogen) atoms. The summed E-state index contributed by atoms with van der Waals surface area (Å²) >= 11 is 0. The summed E-state index contributed by atoms with van der Waals surface area (Å²) in [4.78, 5) is 2.30. The van der Waals surface area contributed by atoms with Crippen molar-refractivity contribution in [3.8, 4) is 11.8 Å². The quantitative estimate of drug-likeness (QED) is 0.825. The van der Waals surface area contributed by atoms with Gasteiger partial charge in [-0.3, -0.25) is 4.90 Å². The molecule has 3 nitrogen and oxygen atoms in total. The highest BCUT2D eigenvalue weighted by Gasteiger charge is 2.28. The first kappa shape index (κ1) is 15.1. The fourth-order valence-electron chi connectivity index (χ4n) is 2.68. The smallest absolute Gasteiger partial charge is 0.0746 e. The summed E-state index contributed by atoms with van der Waals surface area (Å²) in [6.45, 7) is 4.64. The van der Waals surface area contributed by atoms with Gasteiger partial charge in [0.05, 0.1) is 12.2 Å². The second-order valence-electron chi connectivity index (χ2n) is 5.79. The Balaban J connectivity index is 1.99. The van der Waals surface area contributed by atoms with Crippen molar-refractivity contribution in [2.24, 2.45) is 0 Å². The molecule has 1 aliphatic rings. The van der Waals surface area contributed by atoms with Crippen LogP contribution in [0.1, 0.15) is 37.3 Å². The highest BCUT2D eigenvalue weighted by atomic mass is 16.3. The van der Waals surface area contributed by atoms with Crippen molar-refractivity contribution >= 4 is 0 Å². The normalized spacial score (nSPS) is 23.1. The average molecular weight is 273 g/mol. The number of aliphatic hydroxyl groups excluding tert-OH is 1. The Bertz CT molecular complexity index is 499. The Morgan fingerprint density at radius 3 is 3.00 bits per heavy atom. The van der Waals surface area contributed by atoms with E-state index in [1.165, 1.54) is 5.56 Å². The third-order valence-corrected chi connectivity index (χ3v) is 3.56. The van der Waals surface area contributed by atoms with Gasteiger partial charge >= 0.3 is 0 Å². The Hall–Kier alpha value is -1.34. The summed E-state index contributed by atoms with van der Waals surface area (Å²) in [5.74, 6) is 6.00. The van der Waals surface area contributed by atoms with Gasteiger partial charge in [0, 0.05) is 25.1 Å². The lowest BCUT2D eigenvalue weighted by Gasteiger charge is -2.36. The Labute approximate surface area is 121 Å². The molecule has 0 bridgehead atoms. The monoisotopic (exact) mass is 273 g/mol. The summed E-state index contributed by atoms with van der Waals surface area (Å²) in [5, 5.41) is 18.9. The molecule has 0 spiro atoms. The molecule has 1 saturated heterocycles. The van der Waals surface area contributed by atoms with Gasteiger partial charge in [-0.15, -0.1) is 0 Å². The van der Waals surface area contributed by atoms with Gasteiger partial charge in [0.1, 0.15) is 0 Å². The van der Waals surface area contributed by atoms with Gasteiger partial charge < -0.3 is 10.2 Å². The SMILES string of the molecule is CC1(O)CCCN(Cc2cccc(C#CCCO)c2)C1. The van der Waals surface area contributed by atoms with E-state index in [-0.39, 0.29) is 6.61 Å². The molecule has 1 aromatic carbocycles. The number of hydrogen-bond donors (Lipinski definition) is 2. The number of benzene rings is 1. The van der Waals surface area contributed by atoms with Gasteiger partial charge in [0.15, 0.2) is 0 Å². The Morgan fingerprint density at radius 1 is 1.40 bits per heavy atom. The molecule has 0 saturated carbocycles. The molecule has 1 heterocycles. The minimum Gasteiger partial charge on any atom is -0.395 e. The molecule has 2 rings (SSSR count). The zero-order chi connectivity index (χ0) is 14.4. The van der Waals surface area contributed by atoms with Gasteiger partial charge in [-0.2, -0.15) is 0 Å². The highest BCUT2D eigenvalue weighted by molar-refractivity contribution is 5.37. The van der Waals surface area contributed by atoms with Crippen LogP contribution < -0.4 is 0 Å². The van der Waals surface area contributed by atoms with Gasteiger partial charge in [-0.25, -0.2) is 0 Å². The predicted octanol–water partition coefficient (Wildman–Crippen LogP) is 1.77. The largest absolute Gasteiger partial charge is 0.395 e. The minimum absolute atomic E-state index is 0.107. The van der Waals surface area contributed by atoms with E-state index in [0.29, 0.717) is 6.42 Å². The van der Waals surface area contributed by atoms with Crippen molar-refractivity contribution < 1.29 is 10.2 Å². The molecule has 3 heteroatoms. The molecule has 0 radical (unpaired) electrons. The second-order valence-corrected chi connectivity index (χ2v) is 5.79. The topological polar surface area (TPSA) is 43.7 Å². The minimum atomic E-state index is -0.559. The second kappa shape index (κ2) is 6.90. The van der Waals surface area contributed by atoms with E-state index in [2.05, 4.69) is 28.9 Å². The number of rotatable bonds is 3. The van der Waals surface area contributed by atoms with Crippen LogP contribution in [0.3, 0.4) is 0 Å². The van der Waals surface area contributed by atoms with E-state index in [9.17, 15) is 5.11 Å². The van der Waals surface area contributed by atoms with Gasteiger partial charge in [-0.05, 0) is 44.0 Å².